The van der Waals surface area contributed by atoms with E-state index in [9.17, 15) is 0 Å². The molecule has 0 aliphatic rings. The number of aliphatic imine (C=N–C) groups is 1. The van der Waals surface area contributed by atoms with E-state index in [0.717, 1.165) is 44.0 Å². The molecule has 2 rings (SSSR count). The number of hydrogen-bond donors (Lipinski definition) is 1. The van der Waals surface area contributed by atoms with Gasteiger partial charge in [-0.15, -0.1) is 11.3 Å². The van der Waals surface area contributed by atoms with Crippen molar-refractivity contribution in [1.82, 2.24) is 10.3 Å². The summed E-state index contributed by atoms with van der Waals surface area (Å²) in [6, 6.07) is 6.03. The Hall–Kier alpha value is -1.65. The van der Waals surface area contributed by atoms with E-state index in [1.165, 1.54) is 0 Å². The molecule has 0 fully saturated rings. The zero-order chi connectivity index (χ0) is 16.3. The lowest BCUT2D eigenvalue weighted by Gasteiger charge is -2.05. The average molecular weight is 334 g/mol. The molecular formula is C17H20ClN3S. The van der Waals surface area contributed by atoms with Gasteiger partial charge in [-0.1, -0.05) is 23.7 Å². The van der Waals surface area contributed by atoms with E-state index in [1.807, 2.05) is 52.9 Å². The molecule has 0 spiro atoms. The SMILES string of the molecule is CN/C(N=C(C)C)=C(/C)c1nc(-c2ccc(C)c(Cl)c2)cs1. The predicted octanol–water partition coefficient (Wildman–Crippen LogP) is 5.16. The monoisotopic (exact) mass is 333 g/mol. The first-order chi connectivity index (χ1) is 10.4. The number of rotatable bonds is 4. The highest BCUT2D eigenvalue weighted by Gasteiger charge is 2.10. The molecule has 5 heteroatoms. The molecule has 116 valence electrons. The van der Waals surface area contributed by atoms with Gasteiger partial charge in [0.05, 0.1) is 5.69 Å². The van der Waals surface area contributed by atoms with Crippen LogP contribution in [0.5, 0.6) is 0 Å². The summed E-state index contributed by atoms with van der Waals surface area (Å²) in [6.07, 6.45) is 0. The zero-order valence-electron chi connectivity index (χ0n) is 13.5. The highest BCUT2D eigenvalue weighted by atomic mass is 35.5. The van der Waals surface area contributed by atoms with Gasteiger partial charge in [-0.3, -0.25) is 0 Å². The summed E-state index contributed by atoms with van der Waals surface area (Å²) in [5.41, 5.74) is 5.09. The minimum atomic E-state index is 0.765. The van der Waals surface area contributed by atoms with Crippen LogP contribution in [0.25, 0.3) is 16.8 Å². The lowest BCUT2D eigenvalue weighted by atomic mass is 10.1. The van der Waals surface area contributed by atoms with Crippen molar-refractivity contribution in [2.24, 2.45) is 4.99 Å². The van der Waals surface area contributed by atoms with E-state index >= 15 is 0 Å². The quantitative estimate of drug-likeness (QED) is 0.784. The van der Waals surface area contributed by atoms with E-state index in [-0.39, 0.29) is 0 Å². The average Bonchev–Trinajstić information content (AvgIpc) is 2.96. The Morgan fingerprint density at radius 2 is 2.00 bits per heavy atom. The van der Waals surface area contributed by atoms with Crippen molar-refractivity contribution in [2.75, 3.05) is 7.05 Å². The van der Waals surface area contributed by atoms with Crippen molar-refractivity contribution >= 4 is 34.2 Å². The lowest BCUT2D eigenvalue weighted by molar-refractivity contribution is 0.964. The van der Waals surface area contributed by atoms with E-state index in [4.69, 9.17) is 16.6 Å². The Morgan fingerprint density at radius 1 is 1.27 bits per heavy atom. The van der Waals surface area contributed by atoms with Gasteiger partial charge in [0.2, 0.25) is 0 Å². The maximum absolute atomic E-state index is 6.20. The summed E-state index contributed by atoms with van der Waals surface area (Å²) in [7, 11) is 1.87. The van der Waals surface area contributed by atoms with E-state index in [1.54, 1.807) is 11.3 Å². The van der Waals surface area contributed by atoms with Gasteiger partial charge in [-0.2, -0.15) is 0 Å². The Bertz CT molecular complexity index is 740. The van der Waals surface area contributed by atoms with Gasteiger partial charge < -0.3 is 5.32 Å². The van der Waals surface area contributed by atoms with Crippen molar-refractivity contribution in [2.45, 2.75) is 27.7 Å². The van der Waals surface area contributed by atoms with E-state index in [0.29, 0.717) is 0 Å². The van der Waals surface area contributed by atoms with Gasteiger partial charge >= 0.3 is 0 Å². The third-order valence-electron chi connectivity index (χ3n) is 3.22. The molecule has 0 unspecified atom stereocenters. The Morgan fingerprint density at radius 3 is 2.59 bits per heavy atom. The highest BCUT2D eigenvalue weighted by Crippen LogP contribution is 2.29. The number of hydrogen-bond acceptors (Lipinski definition) is 4. The number of benzene rings is 1. The number of aryl methyl sites for hydroxylation is 1. The summed E-state index contributed by atoms with van der Waals surface area (Å²) >= 11 is 7.81. The topological polar surface area (TPSA) is 37.3 Å². The molecule has 1 heterocycles. The molecule has 1 N–H and O–H groups in total. The van der Waals surface area contributed by atoms with Crippen molar-refractivity contribution in [3.8, 4) is 11.3 Å². The molecule has 0 aliphatic carbocycles. The number of nitrogens with one attached hydrogen (secondary N) is 1. The van der Waals surface area contributed by atoms with Gasteiger partial charge in [0.25, 0.3) is 0 Å². The fourth-order valence-corrected chi connectivity index (χ4v) is 3.00. The highest BCUT2D eigenvalue weighted by molar-refractivity contribution is 7.11. The second kappa shape index (κ2) is 7.07. The van der Waals surface area contributed by atoms with Crippen LogP contribution in [0.4, 0.5) is 0 Å². The fraction of sp³-hybridized carbons (Fsp3) is 0.294. The number of allylic oxidation sites excluding steroid dienone is 1. The Labute approximate surface area is 140 Å². The molecule has 22 heavy (non-hydrogen) atoms. The zero-order valence-corrected chi connectivity index (χ0v) is 15.1. The summed E-state index contributed by atoms with van der Waals surface area (Å²) < 4.78 is 0. The molecule has 0 saturated heterocycles. The van der Waals surface area contributed by atoms with Gasteiger partial charge in [-0.25, -0.2) is 9.98 Å². The third kappa shape index (κ3) is 3.76. The minimum Gasteiger partial charge on any atom is -0.373 e. The first kappa shape index (κ1) is 16.7. The molecule has 2 aromatic rings. The van der Waals surface area contributed by atoms with E-state index in [2.05, 4.69) is 15.7 Å². The number of halogens is 1. The van der Waals surface area contributed by atoms with E-state index < -0.39 is 0 Å². The molecule has 3 nitrogen and oxygen atoms in total. The van der Waals surface area contributed by atoms with Crippen LogP contribution in [0, 0.1) is 6.92 Å². The van der Waals surface area contributed by atoms with Gasteiger partial charge in [-0.05, 0) is 39.3 Å². The molecule has 1 aromatic carbocycles. The Balaban J connectivity index is 2.40. The van der Waals surface area contributed by atoms with Crippen LogP contribution in [0.2, 0.25) is 5.02 Å². The van der Waals surface area contributed by atoms with Crippen LogP contribution in [0.3, 0.4) is 0 Å². The summed E-state index contributed by atoms with van der Waals surface area (Å²) in [6.45, 7) is 7.98. The number of thiazole rings is 1. The van der Waals surface area contributed by atoms with Crippen LogP contribution in [0.1, 0.15) is 31.3 Å². The fourth-order valence-electron chi connectivity index (χ4n) is 1.98. The smallest absolute Gasteiger partial charge is 0.131 e. The third-order valence-corrected chi connectivity index (χ3v) is 4.59. The molecule has 0 saturated carbocycles. The molecular weight excluding hydrogens is 314 g/mol. The first-order valence-electron chi connectivity index (χ1n) is 7.05. The molecule has 1 aromatic heterocycles. The van der Waals surface area contributed by atoms with Crippen LogP contribution in [-0.4, -0.2) is 17.7 Å². The van der Waals surface area contributed by atoms with Crippen molar-refractivity contribution in [3.05, 3.63) is 45.0 Å². The van der Waals surface area contributed by atoms with Crippen molar-refractivity contribution in [3.63, 3.8) is 0 Å². The largest absolute Gasteiger partial charge is 0.373 e. The predicted molar refractivity (Wildman–Crippen MR) is 97.7 cm³/mol. The molecule has 0 bridgehead atoms. The second-order valence-electron chi connectivity index (χ2n) is 5.28. The van der Waals surface area contributed by atoms with Crippen LogP contribution < -0.4 is 5.32 Å². The first-order valence-corrected chi connectivity index (χ1v) is 8.31. The van der Waals surface area contributed by atoms with Crippen molar-refractivity contribution < 1.29 is 0 Å². The second-order valence-corrected chi connectivity index (χ2v) is 6.55. The summed E-state index contributed by atoms with van der Waals surface area (Å²) in [5.74, 6) is 0.850. The maximum atomic E-state index is 6.20. The van der Waals surface area contributed by atoms with Gasteiger partial charge in [0, 0.05) is 34.3 Å². The van der Waals surface area contributed by atoms with Crippen LogP contribution >= 0.6 is 22.9 Å². The summed E-state index contributed by atoms with van der Waals surface area (Å²) in [5, 5.41) is 6.91. The van der Waals surface area contributed by atoms with Gasteiger partial charge in [0.15, 0.2) is 0 Å². The van der Waals surface area contributed by atoms with Crippen LogP contribution in [-0.2, 0) is 0 Å². The molecule has 0 atom stereocenters. The van der Waals surface area contributed by atoms with Crippen molar-refractivity contribution in [1.29, 1.82) is 0 Å². The van der Waals surface area contributed by atoms with Gasteiger partial charge in [0.1, 0.15) is 10.8 Å². The minimum absolute atomic E-state index is 0.765. The normalized spacial score (nSPS) is 11.9. The molecule has 0 aliphatic heterocycles. The lowest BCUT2D eigenvalue weighted by Crippen LogP contribution is -2.07. The number of aromatic nitrogens is 1. The number of nitrogens with zero attached hydrogens (tertiary/aromatic N) is 2. The van der Waals surface area contributed by atoms with Crippen LogP contribution in [0.15, 0.2) is 34.4 Å². The standard InChI is InChI=1S/C17H20ClN3S/c1-10(2)20-16(19-5)12(4)17-21-15(9-22-17)13-7-6-11(3)14(18)8-13/h6-9,19H,1-5H3/b16-12+. The maximum Gasteiger partial charge on any atom is 0.131 e. The molecule has 0 amide bonds. The molecule has 0 radical (unpaired) electrons. The Kier molecular flexibility index (Phi) is 5.37. The summed E-state index contributed by atoms with van der Waals surface area (Å²) in [4.78, 5) is 9.23.